The van der Waals surface area contributed by atoms with E-state index in [1.807, 2.05) is 0 Å². The number of unbranched alkanes of at least 4 members (excludes halogenated alkanes) is 2. The fraction of sp³-hybridized carbons (Fsp3) is 1.00. The molecule has 0 atom stereocenters. The highest BCUT2D eigenvalue weighted by atomic mass is 79.9. The lowest BCUT2D eigenvalue weighted by molar-refractivity contribution is 0.382. The molecule has 0 amide bonds. The van der Waals surface area contributed by atoms with E-state index in [1.54, 1.807) is 0 Å². The molecule has 0 aliphatic rings. The molecule has 2 heteroatoms. The summed E-state index contributed by atoms with van der Waals surface area (Å²) in [5.41, 5.74) is 0.467. The van der Waals surface area contributed by atoms with Crippen LogP contribution >= 0.6 is 31.9 Å². The number of hydrogen-bond donors (Lipinski definition) is 0. The maximum Gasteiger partial charge on any atom is 0.00933 e. The molecule has 0 saturated carbocycles. The Balaban J connectivity index is 3.51. The van der Waals surface area contributed by atoms with Gasteiger partial charge < -0.3 is 0 Å². The minimum absolute atomic E-state index is 0.467. The summed E-state index contributed by atoms with van der Waals surface area (Å²) in [6.45, 7) is 4.58. The quantitative estimate of drug-likeness (QED) is 0.502. The Labute approximate surface area is 87.4 Å². The number of halogens is 2. The second-order valence-electron chi connectivity index (χ2n) is 3.54. The van der Waals surface area contributed by atoms with Crippen molar-refractivity contribution in [2.75, 3.05) is 10.7 Å². The van der Waals surface area contributed by atoms with E-state index in [4.69, 9.17) is 0 Å². The van der Waals surface area contributed by atoms with Gasteiger partial charge in [-0.15, -0.1) is 0 Å². The van der Waals surface area contributed by atoms with Crippen LogP contribution in [0.15, 0.2) is 0 Å². The Morgan fingerprint density at radius 3 is 2.00 bits per heavy atom. The minimum Gasteiger partial charge on any atom is -0.0922 e. The first kappa shape index (κ1) is 12.0. The zero-order valence-corrected chi connectivity index (χ0v) is 10.7. The van der Waals surface area contributed by atoms with Crippen LogP contribution in [0.25, 0.3) is 0 Å². The highest BCUT2D eigenvalue weighted by molar-refractivity contribution is 9.09. The predicted molar refractivity (Wildman–Crippen MR) is 59.8 cm³/mol. The molecule has 0 fully saturated rings. The first-order chi connectivity index (χ1) is 5.18. The van der Waals surface area contributed by atoms with Gasteiger partial charge in [-0.3, -0.25) is 0 Å². The van der Waals surface area contributed by atoms with Crippen molar-refractivity contribution >= 4 is 31.9 Å². The van der Waals surface area contributed by atoms with Crippen LogP contribution in [-0.4, -0.2) is 10.7 Å². The minimum atomic E-state index is 0.467. The summed E-state index contributed by atoms with van der Waals surface area (Å²) >= 11 is 7.11. The molecule has 0 radical (unpaired) electrons. The van der Waals surface area contributed by atoms with Gasteiger partial charge in [0.05, 0.1) is 0 Å². The van der Waals surface area contributed by atoms with Gasteiger partial charge in [0.25, 0.3) is 0 Å². The molecule has 0 aliphatic carbocycles. The topological polar surface area (TPSA) is 0 Å². The summed E-state index contributed by atoms with van der Waals surface area (Å²) in [5.74, 6) is 0. The Hall–Kier alpha value is 0.960. The van der Waals surface area contributed by atoms with E-state index in [9.17, 15) is 0 Å². The summed E-state index contributed by atoms with van der Waals surface area (Å²) in [6.07, 6.45) is 5.39. The van der Waals surface area contributed by atoms with Gasteiger partial charge in [0.2, 0.25) is 0 Å². The van der Waals surface area contributed by atoms with Crippen LogP contribution in [0.5, 0.6) is 0 Å². The van der Waals surface area contributed by atoms with E-state index in [-0.39, 0.29) is 0 Å². The molecule has 0 aliphatic heterocycles. The Morgan fingerprint density at radius 1 is 1.09 bits per heavy atom. The first-order valence-electron chi connectivity index (χ1n) is 4.30. The number of rotatable bonds is 6. The van der Waals surface area contributed by atoms with Crippen molar-refractivity contribution < 1.29 is 0 Å². The Kier molecular flexibility index (Phi) is 7.04. The highest BCUT2D eigenvalue weighted by Crippen LogP contribution is 2.28. The van der Waals surface area contributed by atoms with Crippen molar-refractivity contribution in [2.45, 2.75) is 39.5 Å². The Bertz CT molecular complexity index is 87.6. The van der Waals surface area contributed by atoms with Crippen LogP contribution in [-0.2, 0) is 0 Å². The van der Waals surface area contributed by atoms with Crippen molar-refractivity contribution in [2.24, 2.45) is 5.41 Å². The molecule has 68 valence electrons. The van der Waals surface area contributed by atoms with Gasteiger partial charge in [0.15, 0.2) is 0 Å². The molecule has 0 N–H and O–H groups in total. The van der Waals surface area contributed by atoms with E-state index >= 15 is 0 Å². The SMILES string of the molecule is CCCCCC(C)(CBr)CBr. The van der Waals surface area contributed by atoms with Crippen molar-refractivity contribution in [3.05, 3.63) is 0 Å². The molecule has 0 aromatic carbocycles. The van der Waals surface area contributed by atoms with Gasteiger partial charge in [0.1, 0.15) is 0 Å². The first-order valence-corrected chi connectivity index (χ1v) is 6.55. The van der Waals surface area contributed by atoms with E-state index < -0.39 is 0 Å². The lowest BCUT2D eigenvalue weighted by Crippen LogP contribution is -2.19. The summed E-state index contributed by atoms with van der Waals surface area (Å²) in [7, 11) is 0. The van der Waals surface area contributed by atoms with E-state index in [1.165, 1.54) is 25.7 Å². The van der Waals surface area contributed by atoms with Gasteiger partial charge in [-0.05, 0) is 11.8 Å². The average molecular weight is 286 g/mol. The van der Waals surface area contributed by atoms with Crippen LogP contribution in [0.4, 0.5) is 0 Å². The van der Waals surface area contributed by atoms with Crippen LogP contribution < -0.4 is 0 Å². The Morgan fingerprint density at radius 2 is 1.64 bits per heavy atom. The van der Waals surface area contributed by atoms with E-state index in [0.29, 0.717) is 5.41 Å². The number of alkyl halides is 2. The second kappa shape index (κ2) is 6.47. The third kappa shape index (κ3) is 5.24. The summed E-state index contributed by atoms with van der Waals surface area (Å²) in [6, 6.07) is 0. The van der Waals surface area contributed by atoms with Crippen molar-refractivity contribution in [3.63, 3.8) is 0 Å². The van der Waals surface area contributed by atoms with Gasteiger partial charge in [0, 0.05) is 10.7 Å². The lowest BCUT2D eigenvalue weighted by Gasteiger charge is -2.24. The molecule has 0 spiro atoms. The maximum atomic E-state index is 3.55. The van der Waals surface area contributed by atoms with Crippen molar-refractivity contribution in [1.82, 2.24) is 0 Å². The lowest BCUT2D eigenvalue weighted by atomic mass is 9.89. The number of hydrogen-bond acceptors (Lipinski definition) is 0. The zero-order valence-electron chi connectivity index (χ0n) is 7.50. The molecule has 0 bridgehead atoms. The maximum absolute atomic E-state index is 3.55. The summed E-state index contributed by atoms with van der Waals surface area (Å²) in [4.78, 5) is 0. The molecular weight excluding hydrogens is 268 g/mol. The largest absolute Gasteiger partial charge is 0.0922 e. The normalized spacial score (nSPS) is 12.0. The fourth-order valence-corrected chi connectivity index (χ4v) is 2.46. The van der Waals surface area contributed by atoms with Crippen LogP contribution in [0.2, 0.25) is 0 Å². The van der Waals surface area contributed by atoms with Crippen molar-refractivity contribution in [3.8, 4) is 0 Å². The predicted octanol–water partition coefficient (Wildman–Crippen LogP) is 4.36. The molecule has 0 heterocycles. The molecular formula is C9H18Br2. The smallest absolute Gasteiger partial charge is 0.00933 e. The van der Waals surface area contributed by atoms with Crippen LogP contribution in [0.1, 0.15) is 39.5 Å². The second-order valence-corrected chi connectivity index (χ2v) is 4.66. The standard InChI is InChI=1S/C9H18Br2/c1-3-4-5-6-9(2,7-10)8-11/h3-8H2,1-2H3. The van der Waals surface area contributed by atoms with Crippen molar-refractivity contribution in [1.29, 1.82) is 0 Å². The molecule has 0 unspecified atom stereocenters. The van der Waals surface area contributed by atoms with Gasteiger partial charge in [-0.25, -0.2) is 0 Å². The van der Waals surface area contributed by atoms with E-state index in [2.05, 4.69) is 45.7 Å². The zero-order chi connectivity index (χ0) is 8.74. The van der Waals surface area contributed by atoms with Gasteiger partial charge in [-0.2, -0.15) is 0 Å². The highest BCUT2D eigenvalue weighted by Gasteiger charge is 2.20. The summed E-state index contributed by atoms with van der Waals surface area (Å²) < 4.78 is 0. The summed E-state index contributed by atoms with van der Waals surface area (Å²) in [5, 5.41) is 2.21. The fourth-order valence-electron chi connectivity index (χ4n) is 0.971. The molecule has 0 aromatic rings. The molecule has 0 rings (SSSR count). The molecule has 0 nitrogen and oxygen atoms in total. The molecule has 11 heavy (non-hydrogen) atoms. The monoisotopic (exact) mass is 284 g/mol. The average Bonchev–Trinajstić information content (AvgIpc) is 2.05. The third-order valence-electron chi connectivity index (χ3n) is 2.03. The molecule has 0 aromatic heterocycles. The van der Waals surface area contributed by atoms with Crippen LogP contribution in [0.3, 0.4) is 0 Å². The van der Waals surface area contributed by atoms with Gasteiger partial charge >= 0.3 is 0 Å². The molecule has 0 saturated heterocycles. The third-order valence-corrected chi connectivity index (χ3v) is 4.74. The van der Waals surface area contributed by atoms with E-state index in [0.717, 1.165) is 10.7 Å². The van der Waals surface area contributed by atoms with Crippen LogP contribution in [0, 0.1) is 5.41 Å². The van der Waals surface area contributed by atoms with Gasteiger partial charge in [-0.1, -0.05) is 65.0 Å².